The number of H-pyrrole nitrogens is 1. The van der Waals surface area contributed by atoms with Gasteiger partial charge in [0.2, 0.25) is 0 Å². The van der Waals surface area contributed by atoms with Crippen LogP contribution in [0.4, 0.5) is 0 Å². The molecule has 0 aromatic carbocycles. The van der Waals surface area contributed by atoms with Gasteiger partial charge >= 0.3 is 5.69 Å². The van der Waals surface area contributed by atoms with Gasteiger partial charge in [0.15, 0.2) is 5.16 Å². The molecule has 2 rings (SSSR count). The van der Waals surface area contributed by atoms with Crippen LogP contribution in [0, 0.1) is 5.92 Å². The highest BCUT2D eigenvalue weighted by molar-refractivity contribution is 7.99. The van der Waals surface area contributed by atoms with Gasteiger partial charge in [-0.05, 0) is 32.2 Å². The monoisotopic (exact) mass is 270 g/mol. The fraction of sp³-hybridized carbons (Fsp3) is 0.833. The van der Waals surface area contributed by atoms with Gasteiger partial charge in [0.25, 0.3) is 0 Å². The zero-order chi connectivity index (χ0) is 13.1. The molecule has 0 spiro atoms. The Morgan fingerprint density at radius 1 is 1.50 bits per heavy atom. The van der Waals surface area contributed by atoms with E-state index in [4.69, 9.17) is 0 Å². The molecule has 0 radical (unpaired) electrons. The molecular formula is C12H22N4OS. The topological polar surface area (TPSA) is 62.7 Å². The van der Waals surface area contributed by atoms with E-state index in [1.807, 2.05) is 6.92 Å². The summed E-state index contributed by atoms with van der Waals surface area (Å²) >= 11 is 1.74. The van der Waals surface area contributed by atoms with Crippen LogP contribution in [-0.4, -0.2) is 32.6 Å². The minimum atomic E-state index is -0.103. The van der Waals surface area contributed by atoms with Crippen molar-refractivity contribution in [3.05, 3.63) is 10.5 Å². The molecule has 2 N–H and O–H groups in total. The van der Waals surface area contributed by atoms with E-state index in [0.29, 0.717) is 23.8 Å². The molecule has 0 aliphatic heterocycles. The van der Waals surface area contributed by atoms with Gasteiger partial charge in [0.05, 0.1) is 0 Å². The quantitative estimate of drug-likeness (QED) is 0.850. The van der Waals surface area contributed by atoms with Crippen molar-refractivity contribution in [2.24, 2.45) is 5.92 Å². The second-order valence-electron chi connectivity index (χ2n) is 4.81. The van der Waals surface area contributed by atoms with Crippen LogP contribution in [0.15, 0.2) is 9.95 Å². The van der Waals surface area contributed by atoms with E-state index < -0.39 is 0 Å². The predicted molar refractivity (Wildman–Crippen MR) is 74.0 cm³/mol. The second-order valence-corrected chi connectivity index (χ2v) is 6.02. The van der Waals surface area contributed by atoms with E-state index in [9.17, 15) is 4.79 Å². The maximum absolute atomic E-state index is 11.5. The average molecular weight is 270 g/mol. The number of aromatic nitrogens is 3. The lowest BCUT2D eigenvalue weighted by Gasteiger charge is -2.20. The number of hydrogen-bond acceptors (Lipinski definition) is 4. The molecule has 0 bridgehead atoms. The van der Waals surface area contributed by atoms with Crippen molar-refractivity contribution in [2.45, 2.75) is 56.6 Å². The molecule has 5 nitrogen and oxygen atoms in total. The molecule has 1 aliphatic carbocycles. The SMILES string of the molecule is CCNC1CCC(Sc2n[nH]c(=O)n2CC)C1C. The summed E-state index contributed by atoms with van der Waals surface area (Å²) in [5, 5.41) is 11.6. The number of nitrogens with one attached hydrogen (secondary N) is 2. The summed E-state index contributed by atoms with van der Waals surface area (Å²) in [7, 11) is 0. The lowest BCUT2D eigenvalue weighted by Crippen LogP contribution is -2.33. The van der Waals surface area contributed by atoms with E-state index in [1.165, 1.54) is 12.8 Å². The van der Waals surface area contributed by atoms with Crippen molar-refractivity contribution in [1.82, 2.24) is 20.1 Å². The van der Waals surface area contributed by atoms with Crippen LogP contribution in [0.25, 0.3) is 0 Å². The number of rotatable bonds is 5. The zero-order valence-electron chi connectivity index (χ0n) is 11.3. The summed E-state index contributed by atoms with van der Waals surface area (Å²) in [5.41, 5.74) is -0.103. The second kappa shape index (κ2) is 5.93. The van der Waals surface area contributed by atoms with Crippen molar-refractivity contribution < 1.29 is 0 Å². The smallest absolute Gasteiger partial charge is 0.314 e. The van der Waals surface area contributed by atoms with Crippen LogP contribution < -0.4 is 11.0 Å². The number of aromatic amines is 1. The lowest BCUT2D eigenvalue weighted by molar-refractivity contribution is 0.441. The van der Waals surface area contributed by atoms with Gasteiger partial charge in [0.1, 0.15) is 0 Å². The average Bonchev–Trinajstić information content (AvgIpc) is 2.87. The molecule has 1 aromatic heterocycles. The molecule has 0 amide bonds. The summed E-state index contributed by atoms with van der Waals surface area (Å²) in [6.07, 6.45) is 2.40. The predicted octanol–water partition coefficient (Wildman–Crippen LogP) is 1.46. The summed E-state index contributed by atoms with van der Waals surface area (Å²) in [6, 6.07) is 0.605. The molecular weight excluding hydrogens is 248 g/mol. The van der Waals surface area contributed by atoms with Gasteiger partial charge in [-0.1, -0.05) is 25.6 Å². The van der Waals surface area contributed by atoms with Crippen LogP contribution in [0.2, 0.25) is 0 Å². The molecule has 1 saturated carbocycles. The Balaban J connectivity index is 2.04. The van der Waals surface area contributed by atoms with Crippen LogP contribution in [-0.2, 0) is 6.54 Å². The Bertz CT molecular complexity index is 442. The number of thioether (sulfide) groups is 1. The first-order valence-electron chi connectivity index (χ1n) is 6.72. The van der Waals surface area contributed by atoms with Crippen molar-refractivity contribution in [3.63, 3.8) is 0 Å². The molecule has 1 heterocycles. The molecule has 0 saturated heterocycles. The van der Waals surface area contributed by atoms with Gasteiger partial charge in [-0.3, -0.25) is 4.57 Å². The largest absolute Gasteiger partial charge is 0.343 e. The van der Waals surface area contributed by atoms with Gasteiger partial charge in [-0.2, -0.15) is 0 Å². The van der Waals surface area contributed by atoms with E-state index in [0.717, 1.165) is 11.7 Å². The van der Waals surface area contributed by atoms with Gasteiger partial charge in [-0.25, -0.2) is 9.89 Å². The van der Waals surface area contributed by atoms with E-state index in [1.54, 1.807) is 16.3 Å². The Hall–Kier alpha value is -0.750. The van der Waals surface area contributed by atoms with Crippen molar-refractivity contribution in [1.29, 1.82) is 0 Å². The van der Waals surface area contributed by atoms with Gasteiger partial charge in [-0.15, -0.1) is 5.10 Å². The van der Waals surface area contributed by atoms with Crippen LogP contribution in [0.5, 0.6) is 0 Å². The van der Waals surface area contributed by atoms with Gasteiger partial charge in [0, 0.05) is 17.8 Å². The fourth-order valence-corrected chi connectivity index (χ4v) is 4.02. The standard InChI is InChI=1S/C12H22N4OS/c1-4-13-9-6-7-10(8(9)3)18-12-15-14-11(17)16(12)5-2/h8-10,13H,4-7H2,1-3H3,(H,14,17). The molecule has 6 heteroatoms. The lowest BCUT2D eigenvalue weighted by atomic mass is 10.1. The number of nitrogens with zero attached hydrogens (tertiary/aromatic N) is 2. The molecule has 1 aromatic rings. The Morgan fingerprint density at radius 3 is 2.94 bits per heavy atom. The van der Waals surface area contributed by atoms with E-state index in [2.05, 4.69) is 29.4 Å². The maximum Gasteiger partial charge on any atom is 0.343 e. The third-order valence-corrected chi connectivity index (χ3v) is 5.24. The van der Waals surface area contributed by atoms with E-state index >= 15 is 0 Å². The Morgan fingerprint density at radius 2 is 2.28 bits per heavy atom. The minimum Gasteiger partial charge on any atom is -0.314 e. The summed E-state index contributed by atoms with van der Waals surface area (Å²) in [4.78, 5) is 11.5. The van der Waals surface area contributed by atoms with Crippen molar-refractivity contribution in [2.75, 3.05) is 6.54 Å². The molecule has 18 heavy (non-hydrogen) atoms. The first kappa shape index (κ1) is 13.7. The van der Waals surface area contributed by atoms with Crippen molar-refractivity contribution >= 4 is 11.8 Å². The molecule has 3 unspecified atom stereocenters. The molecule has 1 aliphatic rings. The summed E-state index contributed by atoms with van der Waals surface area (Å²) in [5.74, 6) is 0.618. The third kappa shape index (κ3) is 2.64. The normalized spacial score (nSPS) is 27.8. The molecule has 3 atom stereocenters. The Kier molecular flexibility index (Phi) is 4.50. The number of hydrogen-bond donors (Lipinski definition) is 2. The first-order chi connectivity index (χ1) is 8.67. The first-order valence-corrected chi connectivity index (χ1v) is 7.60. The highest BCUT2D eigenvalue weighted by Crippen LogP contribution is 2.37. The fourth-order valence-electron chi connectivity index (χ4n) is 2.65. The molecule has 102 valence electrons. The van der Waals surface area contributed by atoms with E-state index in [-0.39, 0.29) is 5.69 Å². The zero-order valence-corrected chi connectivity index (χ0v) is 12.1. The van der Waals surface area contributed by atoms with Crippen LogP contribution >= 0.6 is 11.8 Å². The maximum atomic E-state index is 11.5. The minimum absolute atomic E-state index is 0.103. The highest BCUT2D eigenvalue weighted by Gasteiger charge is 2.33. The van der Waals surface area contributed by atoms with Crippen molar-refractivity contribution in [3.8, 4) is 0 Å². The molecule has 1 fully saturated rings. The summed E-state index contributed by atoms with van der Waals surface area (Å²) in [6.45, 7) is 8.11. The Labute approximate surface area is 112 Å². The van der Waals surface area contributed by atoms with Crippen LogP contribution in [0.1, 0.15) is 33.6 Å². The third-order valence-electron chi connectivity index (χ3n) is 3.75. The van der Waals surface area contributed by atoms with Gasteiger partial charge < -0.3 is 5.32 Å². The summed E-state index contributed by atoms with van der Waals surface area (Å²) < 4.78 is 1.71. The highest BCUT2D eigenvalue weighted by atomic mass is 32.2. The van der Waals surface area contributed by atoms with Crippen LogP contribution in [0.3, 0.4) is 0 Å².